The number of nitrogen functional groups attached to an aromatic ring is 1. The van der Waals surface area contributed by atoms with E-state index >= 15 is 0 Å². The maximum absolute atomic E-state index is 12.2. The molecule has 0 unspecified atom stereocenters. The number of nitrogens with one attached hydrogen (secondary N) is 1. The molecule has 1 aromatic heterocycles. The number of hydrogen-bond donors (Lipinski definition) is 2. The van der Waals surface area contributed by atoms with Crippen LogP contribution in [0, 0.1) is 10.1 Å². The summed E-state index contributed by atoms with van der Waals surface area (Å²) in [5.74, 6) is 0.483. The fraction of sp³-hybridized carbons (Fsp3) is 0.182. The van der Waals surface area contributed by atoms with Crippen molar-refractivity contribution in [3.05, 3.63) is 46.5 Å². The average Bonchev–Trinajstić information content (AvgIpc) is 2.81. The third kappa shape index (κ3) is 3.17. The molecule has 10 heteroatoms. The van der Waals surface area contributed by atoms with E-state index < -0.39 is 25.5 Å². The van der Waals surface area contributed by atoms with Crippen molar-refractivity contribution >= 4 is 21.4 Å². The molecule has 0 amide bonds. The zero-order valence-corrected chi connectivity index (χ0v) is 11.9. The Morgan fingerprint density at radius 1 is 1.48 bits per heavy atom. The first-order valence-electron chi connectivity index (χ1n) is 5.81. The van der Waals surface area contributed by atoms with E-state index in [0.717, 1.165) is 12.1 Å². The van der Waals surface area contributed by atoms with Crippen LogP contribution in [-0.4, -0.2) is 22.9 Å². The van der Waals surface area contributed by atoms with Gasteiger partial charge < -0.3 is 10.3 Å². The molecule has 0 aliphatic rings. The van der Waals surface area contributed by atoms with Crippen molar-refractivity contribution in [2.24, 2.45) is 7.05 Å². The number of benzene rings is 1. The summed E-state index contributed by atoms with van der Waals surface area (Å²) in [6.07, 6.45) is 3.19. The lowest BCUT2D eigenvalue weighted by Gasteiger charge is -2.08. The minimum atomic E-state index is -4.05. The topological polar surface area (TPSA) is 133 Å². The molecule has 0 aliphatic heterocycles. The standard InChI is InChI=1S/C11H13N5O4S/c1-15-5-4-13-11(15)7-14-21(19,20)10-3-2-8(12)6-9(10)16(17)18/h2-6,14H,7,12H2,1H3. The second-order valence-electron chi connectivity index (χ2n) is 4.26. The first-order valence-corrected chi connectivity index (χ1v) is 7.29. The molecule has 0 spiro atoms. The van der Waals surface area contributed by atoms with Crippen molar-refractivity contribution in [1.29, 1.82) is 0 Å². The van der Waals surface area contributed by atoms with Gasteiger partial charge in [-0.15, -0.1) is 0 Å². The third-order valence-corrected chi connectivity index (χ3v) is 4.26. The van der Waals surface area contributed by atoms with Crippen LogP contribution >= 0.6 is 0 Å². The summed E-state index contributed by atoms with van der Waals surface area (Å²) in [5.41, 5.74) is 4.99. The molecule has 1 heterocycles. The molecule has 2 rings (SSSR count). The smallest absolute Gasteiger partial charge is 0.291 e. The molecule has 112 valence electrons. The molecular formula is C11H13N5O4S. The lowest BCUT2D eigenvalue weighted by Crippen LogP contribution is -2.25. The molecule has 0 saturated heterocycles. The van der Waals surface area contributed by atoms with Gasteiger partial charge in [0.2, 0.25) is 10.0 Å². The van der Waals surface area contributed by atoms with E-state index in [1.807, 2.05) is 0 Å². The molecule has 1 aromatic carbocycles. The van der Waals surface area contributed by atoms with Gasteiger partial charge in [-0.2, -0.15) is 0 Å². The summed E-state index contributed by atoms with van der Waals surface area (Å²) in [5, 5.41) is 10.9. The van der Waals surface area contributed by atoms with Crippen molar-refractivity contribution in [3.63, 3.8) is 0 Å². The highest BCUT2D eigenvalue weighted by atomic mass is 32.2. The second-order valence-corrected chi connectivity index (χ2v) is 6.00. The van der Waals surface area contributed by atoms with Crippen molar-refractivity contribution in [1.82, 2.24) is 14.3 Å². The van der Waals surface area contributed by atoms with Gasteiger partial charge in [0.1, 0.15) is 5.82 Å². The molecule has 21 heavy (non-hydrogen) atoms. The van der Waals surface area contributed by atoms with Gasteiger partial charge in [-0.3, -0.25) is 10.1 Å². The number of nitro groups is 1. The number of aryl methyl sites for hydroxylation is 1. The van der Waals surface area contributed by atoms with Crippen LogP contribution in [0.2, 0.25) is 0 Å². The van der Waals surface area contributed by atoms with E-state index in [2.05, 4.69) is 9.71 Å². The molecule has 0 bridgehead atoms. The van der Waals surface area contributed by atoms with Gasteiger partial charge in [0.05, 0.1) is 11.5 Å². The fourth-order valence-electron chi connectivity index (χ4n) is 1.71. The first kappa shape index (κ1) is 14.9. The number of nitrogens with zero attached hydrogens (tertiary/aromatic N) is 3. The van der Waals surface area contributed by atoms with Crippen LogP contribution in [0.5, 0.6) is 0 Å². The monoisotopic (exact) mass is 311 g/mol. The molecule has 0 radical (unpaired) electrons. The first-order chi connectivity index (χ1) is 9.81. The quantitative estimate of drug-likeness (QED) is 0.466. The highest BCUT2D eigenvalue weighted by molar-refractivity contribution is 7.89. The van der Waals surface area contributed by atoms with Gasteiger partial charge in [-0.1, -0.05) is 0 Å². The van der Waals surface area contributed by atoms with Crippen LogP contribution in [-0.2, 0) is 23.6 Å². The van der Waals surface area contributed by atoms with E-state index in [0.29, 0.717) is 5.82 Å². The Kier molecular flexibility index (Phi) is 3.91. The summed E-state index contributed by atoms with van der Waals surface area (Å²) >= 11 is 0. The molecule has 0 fully saturated rings. The lowest BCUT2D eigenvalue weighted by atomic mass is 10.3. The van der Waals surface area contributed by atoms with Gasteiger partial charge in [-0.25, -0.2) is 18.1 Å². The number of hydrogen-bond acceptors (Lipinski definition) is 6. The zero-order chi connectivity index (χ0) is 15.6. The molecule has 2 aromatic rings. The van der Waals surface area contributed by atoms with Gasteiger partial charge in [0.15, 0.2) is 4.90 Å². The van der Waals surface area contributed by atoms with Crippen LogP contribution < -0.4 is 10.5 Å². The Morgan fingerprint density at radius 2 is 2.19 bits per heavy atom. The lowest BCUT2D eigenvalue weighted by molar-refractivity contribution is -0.387. The zero-order valence-electron chi connectivity index (χ0n) is 11.1. The highest BCUT2D eigenvalue weighted by Gasteiger charge is 2.26. The Labute approximate surface area is 120 Å². The largest absolute Gasteiger partial charge is 0.399 e. The van der Waals surface area contributed by atoms with Crippen molar-refractivity contribution < 1.29 is 13.3 Å². The maximum Gasteiger partial charge on any atom is 0.291 e. The molecule has 0 aliphatic carbocycles. The number of nitrogens with two attached hydrogens (primary N) is 1. The van der Waals surface area contributed by atoms with Crippen LogP contribution in [0.4, 0.5) is 11.4 Å². The van der Waals surface area contributed by atoms with E-state index in [-0.39, 0.29) is 12.2 Å². The van der Waals surface area contributed by atoms with Crippen LogP contribution in [0.25, 0.3) is 0 Å². The molecule has 9 nitrogen and oxygen atoms in total. The highest BCUT2D eigenvalue weighted by Crippen LogP contribution is 2.25. The molecule has 3 N–H and O–H groups in total. The van der Waals surface area contributed by atoms with E-state index in [9.17, 15) is 18.5 Å². The van der Waals surface area contributed by atoms with Gasteiger partial charge in [0, 0.05) is 31.2 Å². The SMILES string of the molecule is Cn1ccnc1CNS(=O)(=O)c1ccc(N)cc1[N+](=O)[O-]. The number of sulfonamides is 1. The minimum Gasteiger partial charge on any atom is -0.399 e. The van der Waals surface area contributed by atoms with E-state index in [1.54, 1.807) is 17.8 Å². The van der Waals surface area contributed by atoms with Gasteiger partial charge >= 0.3 is 0 Å². The third-order valence-electron chi connectivity index (χ3n) is 2.81. The van der Waals surface area contributed by atoms with Crippen molar-refractivity contribution in [3.8, 4) is 0 Å². The number of aromatic nitrogens is 2. The van der Waals surface area contributed by atoms with Gasteiger partial charge in [0.25, 0.3) is 5.69 Å². The predicted octanol–water partition coefficient (Wildman–Crippen LogP) is 0.389. The Hall–Kier alpha value is -2.46. The number of imidazole rings is 1. The molecule has 0 atom stereocenters. The number of nitro benzene ring substituents is 1. The van der Waals surface area contributed by atoms with Crippen LogP contribution in [0.1, 0.15) is 5.82 Å². The number of rotatable bonds is 5. The van der Waals surface area contributed by atoms with Crippen LogP contribution in [0.3, 0.4) is 0 Å². The Balaban J connectivity index is 2.32. The maximum atomic E-state index is 12.2. The second kappa shape index (κ2) is 5.50. The summed E-state index contributed by atoms with van der Waals surface area (Å²) < 4.78 is 28.3. The Morgan fingerprint density at radius 3 is 2.76 bits per heavy atom. The van der Waals surface area contributed by atoms with E-state index in [1.165, 1.54) is 12.3 Å². The molecular weight excluding hydrogens is 298 g/mol. The summed E-state index contributed by atoms with van der Waals surface area (Å²) in [7, 11) is -2.34. The van der Waals surface area contributed by atoms with Gasteiger partial charge in [-0.05, 0) is 12.1 Å². The summed E-state index contributed by atoms with van der Waals surface area (Å²) in [6, 6.07) is 3.41. The Bertz CT molecular complexity index is 784. The summed E-state index contributed by atoms with van der Waals surface area (Å²) in [4.78, 5) is 13.7. The fourth-order valence-corrected chi connectivity index (χ4v) is 2.84. The average molecular weight is 311 g/mol. The van der Waals surface area contributed by atoms with Crippen LogP contribution in [0.15, 0.2) is 35.5 Å². The minimum absolute atomic E-state index is 0.0760. The van der Waals surface area contributed by atoms with Crippen molar-refractivity contribution in [2.75, 3.05) is 5.73 Å². The summed E-state index contributed by atoms with van der Waals surface area (Å²) in [6.45, 7) is -0.0760. The van der Waals surface area contributed by atoms with Crippen molar-refractivity contribution in [2.45, 2.75) is 11.4 Å². The molecule has 0 saturated carbocycles. The van der Waals surface area contributed by atoms with E-state index in [4.69, 9.17) is 5.73 Å². The normalized spacial score (nSPS) is 11.5. The predicted molar refractivity (Wildman–Crippen MR) is 74.7 cm³/mol. The number of anilines is 1.